The third-order valence-corrected chi connectivity index (χ3v) is 14.9. The van der Waals surface area contributed by atoms with Gasteiger partial charge in [-0.15, -0.1) is 0 Å². The van der Waals surface area contributed by atoms with Gasteiger partial charge in [-0.2, -0.15) is 0 Å². The van der Waals surface area contributed by atoms with Gasteiger partial charge in [-0.05, 0) is 36.6 Å². The molecule has 20 heavy (non-hydrogen) atoms. The molecule has 0 heterocycles. The Morgan fingerprint density at radius 1 is 1.35 bits per heavy atom. The predicted molar refractivity (Wildman–Crippen MR) is 85.2 cm³/mol. The van der Waals surface area contributed by atoms with E-state index in [1.165, 1.54) is 6.07 Å². The van der Waals surface area contributed by atoms with Crippen LogP contribution in [0.5, 0.6) is 0 Å². The number of carbonyl (C=O) groups excluding carboxylic acids is 1. The summed E-state index contributed by atoms with van der Waals surface area (Å²) in [6.07, 6.45) is 2.51. The minimum Gasteiger partial charge on any atom is -0.290 e. The highest BCUT2D eigenvalue weighted by Gasteiger charge is 2.32. The van der Waals surface area contributed by atoms with Crippen LogP contribution in [0.1, 0.15) is 28.4 Å². The second-order valence-electron chi connectivity index (χ2n) is 6.13. The number of carbonyl (C=O) groups is 1. The first-order valence-electron chi connectivity index (χ1n) is 6.79. The van der Waals surface area contributed by atoms with E-state index in [1.807, 2.05) is 13.0 Å². The van der Waals surface area contributed by atoms with E-state index in [4.69, 9.17) is 0 Å². The fourth-order valence-electron chi connectivity index (χ4n) is 2.17. The normalized spacial score (nSPS) is 14.2. The molecule has 0 spiro atoms. The van der Waals surface area contributed by atoms with Crippen molar-refractivity contribution >= 4 is 28.1 Å². The van der Waals surface area contributed by atoms with Crippen molar-refractivity contribution in [2.45, 2.75) is 39.5 Å². The van der Waals surface area contributed by atoms with Gasteiger partial charge in [-0.25, -0.2) is 4.39 Å². The molecular weight excluding hydrogens is 285 g/mol. The maximum Gasteiger partial charge on any atom is 0.263 e. The third kappa shape index (κ3) is 2.78. The first kappa shape index (κ1) is 15.2. The van der Waals surface area contributed by atoms with Crippen LogP contribution < -0.4 is 4.98 Å². The molecule has 5 heteroatoms. The molecule has 2 nitrogen and oxygen atoms in total. The van der Waals surface area contributed by atoms with Gasteiger partial charge in [0.25, 0.3) is 5.91 Å². The number of benzene rings is 1. The lowest BCUT2D eigenvalue weighted by molar-refractivity contribution is 0.0975. The molecule has 1 aliphatic carbocycles. The maximum absolute atomic E-state index is 13.8. The summed E-state index contributed by atoms with van der Waals surface area (Å²) < 4.78 is 13.8. The van der Waals surface area contributed by atoms with E-state index in [0.29, 0.717) is 17.5 Å². The summed E-state index contributed by atoms with van der Waals surface area (Å²) in [6.45, 7) is 10.6. The Kier molecular flexibility index (Phi) is 4.02. The minimum absolute atomic E-state index is 0.171. The van der Waals surface area contributed by atoms with Gasteiger partial charge in [-0.3, -0.25) is 9.78 Å². The molecule has 0 atom stereocenters. The van der Waals surface area contributed by atoms with E-state index in [2.05, 4.69) is 31.2 Å². The lowest BCUT2D eigenvalue weighted by atomic mass is 10.0. The zero-order valence-corrected chi connectivity index (χ0v) is 14.7. The van der Waals surface area contributed by atoms with Crippen molar-refractivity contribution in [3.63, 3.8) is 0 Å². The van der Waals surface area contributed by atoms with Gasteiger partial charge in [0.15, 0.2) is 7.75 Å². The van der Waals surface area contributed by atoms with Crippen molar-refractivity contribution in [2.75, 3.05) is 0 Å². The Bertz CT molecular complexity index is 594. The first-order chi connectivity index (χ1) is 9.22. The molecule has 0 saturated heterocycles. The van der Waals surface area contributed by atoms with Crippen molar-refractivity contribution in [2.24, 2.45) is 0 Å². The van der Waals surface area contributed by atoms with Crippen LogP contribution >= 0.6 is 0 Å². The molecular formula is C15H20FNOSi2. The topological polar surface area (TPSA) is 31.2 Å². The quantitative estimate of drug-likeness (QED) is 0.785. The van der Waals surface area contributed by atoms with Gasteiger partial charge in [-0.1, -0.05) is 37.8 Å². The molecule has 0 fully saturated rings. The van der Waals surface area contributed by atoms with Gasteiger partial charge >= 0.3 is 0 Å². The SMILES string of the molecule is CC1=Cc2c(C(=O)[N][Si](C)(C)[Si](C)C)ccc(F)c2C1. The van der Waals surface area contributed by atoms with E-state index >= 15 is 0 Å². The van der Waals surface area contributed by atoms with Crippen molar-refractivity contribution < 1.29 is 9.18 Å². The number of rotatable bonds is 3. The van der Waals surface area contributed by atoms with Crippen molar-refractivity contribution in [1.29, 1.82) is 0 Å². The van der Waals surface area contributed by atoms with E-state index in [-0.39, 0.29) is 11.7 Å². The summed E-state index contributed by atoms with van der Waals surface area (Å²) in [7, 11) is -2.41. The number of allylic oxidation sites excluding steroid dienone is 1. The first-order valence-corrected chi connectivity index (χ1v) is 13.2. The number of hydrogen-bond donors (Lipinski definition) is 0. The van der Waals surface area contributed by atoms with Crippen LogP contribution in [0, 0.1) is 5.82 Å². The summed E-state index contributed by atoms with van der Waals surface area (Å²) in [6, 6.07) is 2.98. The van der Waals surface area contributed by atoms with E-state index < -0.39 is 16.1 Å². The van der Waals surface area contributed by atoms with Gasteiger partial charge in [0.1, 0.15) is 5.82 Å². The molecule has 2 rings (SSSR count). The molecule has 1 aromatic carbocycles. The summed E-state index contributed by atoms with van der Waals surface area (Å²) in [5, 5.41) is 0. The van der Waals surface area contributed by atoms with Gasteiger partial charge in [0.2, 0.25) is 0 Å². The molecule has 0 unspecified atom stereocenters. The highest BCUT2D eigenvalue weighted by Crippen LogP contribution is 2.30. The van der Waals surface area contributed by atoms with Crippen molar-refractivity contribution in [3.8, 4) is 0 Å². The van der Waals surface area contributed by atoms with Gasteiger partial charge < -0.3 is 0 Å². The summed E-state index contributed by atoms with van der Waals surface area (Å²) >= 11 is 0. The number of nitrogens with zero attached hydrogens (tertiary/aromatic N) is 1. The summed E-state index contributed by atoms with van der Waals surface area (Å²) in [5.74, 6) is -0.396. The van der Waals surface area contributed by atoms with Crippen LogP contribution in [0.3, 0.4) is 0 Å². The fourth-order valence-corrected chi connectivity index (χ4v) is 4.00. The van der Waals surface area contributed by atoms with Crippen LogP contribution in [0.2, 0.25) is 26.2 Å². The molecule has 0 N–H and O–H groups in total. The number of amides is 1. The number of halogens is 1. The molecule has 0 saturated carbocycles. The van der Waals surface area contributed by atoms with Crippen LogP contribution in [0.15, 0.2) is 17.7 Å². The average Bonchev–Trinajstić information content (AvgIpc) is 2.71. The van der Waals surface area contributed by atoms with Crippen molar-refractivity contribution in [1.82, 2.24) is 4.98 Å². The molecule has 0 aromatic heterocycles. The Labute approximate surface area is 122 Å². The van der Waals surface area contributed by atoms with E-state index in [0.717, 1.165) is 11.1 Å². The zero-order chi connectivity index (χ0) is 15.1. The number of hydrogen-bond acceptors (Lipinski definition) is 1. The van der Waals surface area contributed by atoms with Crippen LogP contribution in [0.25, 0.3) is 6.08 Å². The second kappa shape index (κ2) is 5.29. The van der Waals surface area contributed by atoms with Crippen LogP contribution in [0.4, 0.5) is 4.39 Å². The predicted octanol–water partition coefficient (Wildman–Crippen LogP) is 3.57. The molecule has 1 amide bonds. The molecule has 1 aliphatic rings. The van der Waals surface area contributed by atoms with E-state index in [9.17, 15) is 9.18 Å². The van der Waals surface area contributed by atoms with Gasteiger partial charge in [0, 0.05) is 5.56 Å². The van der Waals surface area contributed by atoms with Crippen LogP contribution in [-0.2, 0) is 6.42 Å². The Morgan fingerprint density at radius 3 is 2.60 bits per heavy atom. The van der Waals surface area contributed by atoms with Gasteiger partial charge in [0.05, 0.1) is 8.31 Å². The van der Waals surface area contributed by atoms with Crippen LogP contribution in [-0.4, -0.2) is 22.0 Å². The molecule has 0 aliphatic heterocycles. The Morgan fingerprint density at radius 2 is 2.00 bits per heavy atom. The largest absolute Gasteiger partial charge is 0.290 e. The van der Waals surface area contributed by atoms with Crippen molar-refractivity contribution in [3.05, 3.63) is 40.2 Å². The maximum atomic E-state index is 13.8. The Balaban J connectivity index is 2.36. The lowest BCUT2D eigenvalue weighted by Crippen LogP contribution is -2.53. The minimum atomic E-state index is -1.83. The number of fused-ring (bicyclic) bond motifs is 1. The highest BCUT2D eigenvalue weighted by atomic mass is 29.2. The standard InChI is InChI=1S/C15H20FNOSi2/c1-10-8-12-11(6-7-14(16)13(12)9-10)15(18)17-20(4,5)19(2)3/h6-8H,9H2,1-5H3. The average molecular weight is 306 g/mol. The zero-order valence-electron chi connectivity index (χ0n) is 12.7. The Hall–Kier alpha value is -1.21. The molecule has 0 bridgehead atoms. The molecule has 106 valence electrons. The lowest BCUT2D eigenvalue weighted by Gasteiger charge is -2.24. The highest BCUT2D eigenvalue weighted by molar-refractivity contribution is 7.30. The summed E-state index contributed by atoms with van der Waals surface area (Å²) in [5.41, 5.74) is 3.03. The fraction of sp³-hybridized carbons (Fsp3) is 0.400. The monoisotopic (exact) mass is 305 g/mol. The molecule has 2 radical (unpaired) electrons. The third-order valence-electron chi connectivity index (χ3n) is 3.98. The second-order valence-corrected chi connectivity index (χ2v) is 18.1. The van der Waals surface area contributed by atoms with E-state index in [1.54, 1.807) is 6.07 Å². The smallest absolute Gasteiger partial charge is 0.263 e. The summed E-state index contributed by atoms with van der Waals surface area (Å²) in [4.78, 5) is 17.0. The molecule has 1 aromatic rings.